The molecule has 3 fully saturated rings. The van der Waals surface area contributed by atoms with Crippen molar-refractivity contribution in [2.45, 2.75) is 19.8 Å². The number of carbonyl (C=O) groups excluding carboxylic acids is 1. The number of piperidine rings is 1. The van der Waals surface area contributed by atoms with Crippen molar-refractivity contribution in [1.29, 1.82) is 5.26 Å². The number of amides is 1. The Bertz CT molecular complexity index is 1370. The summed E-state index contributed by atoms with van der Waals surface area (Å²) >= 11 is 0. The molecule has 0 bridgehead atoms. The summed E-state index contributed by atoms with van der Waals surface area (Å²) in [5.41, 5.74) is 2.74. The number of carbonyl (C=O) groups is 1. The maximum Gasteiger partial charge on any atom is 0.254 e. The van der Waals surface area contributed by atoms with Gasteiger partial charge < -0.3 is 29.6 Å². The summed E-state index contributed by atoms with van der Waals surface area (Å²) in [5, 5.41) is 13.7. The first-order chi connectivity index (χ1) is 17.5. The predicted octanol–water partition coefficient (Wildman–Crippen LogP) is 3.29. The first-order valence-electron chi connectivity index (χ1n) is 12.4. The van der Waals surface area contributed by atoms with Gasteiger partial charge in [-0.05, 0) is 42.4 Å². The van der Waals surface area contributed by atoms with Crippen LogP contribution in [-0.4, -0.2) is 72.3 Å². The summed E-state index contributed by atoms with van der Waals surface area (Å²) in [6.07, 6.45) is 4.11. The first kappa shape index (κ1) is 22.6. The normalized spacial score (nSPS) is 22.9. The Labute approximate surface area is 209 Å². The third-order valence-electron chi connectivity index (χ3n) is 7.94. The third-order valence-corrected chi connectivity index (χ3v) is 7.94. The fourth-order valence-electron chi connectivity index (χ4n) is 5.68. The first-order valence-corrected chi connectivity index (χ1v) is 12.4. The van der Waals surface area contributed by atoms with E-state index in [2.05, 4.69) is 33.2 Å². The lowest BCUT2D eigenvalue weighted by atomic mass is 10.0. The standard InChI is InChI=1S/C26H29N7O3/c1-3-26-11-18(26)14-33(15-26)23-21-17(12-27)13-28-22(21)30-25(31-23)29-19-5-4-16(10-20(19)35-2)24(34)32-6-8-36-9-7-32/h4-5,10,13,18H,3,6-9,11,14-15H2,1-2H3,(H2,28,29,30,31). The van der Waals surface area contributed by atoms with Gasteiger partial charge in [-0.15, -0.1) is 0 Å². The van der Waals surface area contributed by atoms with Gasteiger partial charge in [0.05, 0.1) is 37.0 Å². The molecule has 2 unspecified atom stereocenters. The van der Waals surface area contributed by atoms with Gasteiger partial charge in [0.15, 0.2) is 0 Å². The van der Waals surface area contributed by atoms with Crippen LogP contribution in [0.1, 0.15) is 35.7 Å². The van der Waals surface area contributed by atoms with E-state index >= 15 is 0 Å². The molecule has 1 aromatic carbocycles. The van der Waals surface area contributed by atoms with Crippen LogP contribution in [0.2, 0.25) is 0 Å². The zero-order valence-corrected chi connectivity index (χ0v) is 20.5. The molecule has 10 heteroatoms. The molecule has 36 heavy (non-hydrogen) atoms. The number of aromatic amines is 1. The molecule has 2 aromatic heterocycles. The van der Waals surface area contributed by atoms with Crippen LogP contribution < -0.4 is 15.0 Å². The van der Waals surface area contributed by atoms with Crippen LogP contribution in [-0.2, 0) is 4.74 Å². The summed E-state index contributed by atoms with van der Waals surface area (Å²) in [5.74, 6) is 2.34. The number of nitrogens with one attached hydrogen (secondary N) is 2. The lowest BCUT2D eigenvalue weighted by Crippen LogP contribution is -2.40. The van der Waals surface area contributed by atoms with Crippen molar-refractivity contribution in [3.05, 3.63) is 35.5 Å². The molecule has 10 nitrogen and oxygen atoms in total. The molecule has 2 N–H and O–H groups in total. The second kappa shape index (κ2) is 8.68. The van der Waals surface area contributed by atoms with Crippen molar-refractivity contribution in [2.75, 3.05) is 56.7 Å². The van der Waals surface area contributed by atoms with E-state index in [4.69, 9.17) is 14.5 Å². The highest BCUT2D eigenvalue weighted by Crippen LogP contribution is 2.60. The van der Waals surface area contributed by atoms with Crippen molar-refractivity contribution < 1.29 is 14.3 Å². The lowest BCUT2D eigenvalue weighted by Gasteiger charge is -2.27. The Kier molecular flexibility index (Phi) is 5.45. The van der Waals surface area contributed by atoms with Crippen molar-refractivity contribution >= 4 is 34.4 Å². The fraction of sp³-hybridized carbons (Fsp3) is 0.462. The largest absolute Gasteiger partial charge is 0.495 e. The average Bonchev–Trinajstić information content (AvgIpc) is 3.25. The van der Waals surface area contributed by atoms with Gasteiger partial charge in [-0.1, -0.05) is 6.92 Å². The Hall–Kier alpha value is -3.84. The van der Waals surface area contributed by atoms with E-state index < -0.39 is 0 Å². The molecule has 3 aliphatic rings. The van der Waals surface area contributed by atoms with Gasteiger partial charge in [0.2, 0.25) is 5.95 Å². The Morgan fingerprint density at radius 1 is 1.36 bits per heavy atom. The number of benzene rings is 1. The van der Waals surface area contributed by atoms with Crippen LogP contribution in [0.15, 0.2) is 24.4 Å². The summed E-state index contributed by atoms with van der Waals surface area (Å²) < 4.78 is 11.0. The fourth-order valence-corrected chi connectivity index (χ4v) is 5.68. The molecule has 0 radical (unpaired) electrons. The number of nitrogens with zero attached hydrogens (tertiary/aromatic N) is 5. The van der Waals surface area contributed by atoms with Crippen molar-refractivity contribution in [2.24, 2.45) is 11.3 Å². The van der Waals surface area contributed by atoms with Crippen molar-refractivity contribution in [1.82, 2.24) is 19.9 Å². The molecule has 2 atom stereocenters. The molecule has 0 spiro atoms. The number of hydrogen-bond acceptors (Lipinski definition) is 8. The zero-order chi connectivity index (χ0) is 24.9. The van der Waals surface area contributed by atoms with E-state index in [0.29, 0.717) is 71.8 Å². The minimum atomic E-state index is -0.0454. The number of hydrogen-bond donors (Lipinski definition) is 2. The SMILES string of the molecule is CCC12CC1CN(c1nc(Nc3ccc(C(=O)N4CCOCC4)cc3OC)nc3[nH]cc(C#N)c13)C2. The van der Waals surface area contributed by atoms with Gasteiger partial charge in [-0.2, -0.15) is 15.2 Å². The number of aromatic nitrogens is 3. The van der Waals surface area contributed by atoms with E-state index in [9.17, 15) is 10.1 Å². The summed E-state index contributed by atoms with van der Waals surface area (Å²) in [7, 11) is 1.57. The zero-order valence-electron chi connectivity index (χ0n) is 20.5. The highest BCUT2D eigenvalue weighted by Gasteiger charge is 2.58. The third kappa shape index (κ3) is 3.71. The van der Waals surface area contributed by atoms with Gasteiger partial charge >= 0.3 is 0 Å². The van der Waals surface area contributed by atoms with E-state index in [-0.39, 0.29) is 5.91 Å². The number of rotatable bonds is 6. The van der Waals surface area contributed by atoms with Gasteiger partial charge in [-0.25, -0.2) is 0 Å². The lowest BCUT2D eigenvalue weighted by molar-refractivity contribution is 0.0302. The minimum absolute atomic E-state index is 0.0454. The monoisotopic (exact) mass is 487 g/mol. The molecule has 186 valence electrons. The number of H-pyrrole nitrogens is 1. The van der Waals surface area contributed by atoms with Crippen LogP contribution in [0, 0.1) is 22.7 Å². The Morgan fingerprint density at radius 3 is 2.92 bits per heavy atom. The summed E-state index contributed by atoms with van der Waals surface area (Å²) in [6, 6.07) is 7.60. The second-order valence-corrected chi connectivity index (χ2v) is 9.85. The smallest absolute Gasteiger partial charge is 0.254 e. The van der Waals surface area contributed by atoms with E-state index in [1.54, 1.807) is 30.3 Å². The number of morpholine rings is 1. The van der Waals surface area contributed by atoms with E-state index in [1.165, 1.54) is 6.42 Å². The molecular weight excluding hydrogens is 458 g/mol. The van der Waals surface area contributed by atoms with Crippen molar-refractivity contribution in [3.8, 4) is 11.8 Å². The van der Waals surface area contributed by atoms with E-state index in [0.717, 1.165) is 30.7 Å². The molecular formula is C26H29N7O3. The number of ether oxygens (including phenoxy) is 2. The van der Waals surface area contributed by atoms with Gasteiger partial charge in [0.1, 0.15) is 23.3 Å². The number of methoxy groups -OCH3 is 1. The second-order valence-electron chi connectivity index (χ2n) is 9.85. The highest BCUT2D eigenvalue weighted by molar-refractivity contribution is 5.96. The minimum Gasteiger partial charge on any atom is -0.495 e. The molecule has 2 saturated heterocycles. The molecule has 4 heterocycles. The van der Waals surface area contributed by atoms with Gasteiger partial charge in [-0.3, -0.25) is 4.79 Å². The molecule has 1 aliphatic carbocycles. The quantitative estimate of drug-likeness (QED) is 0.544. The molecule has 1 amide bonds. The summed E-state index contributed by atoms with van der Waals surface area (Å²) in [4.78, 5) is 29.7. The maximum atomic E-state index is 12.9. The van der Waals surface area contributed by atoms with Crippen LogP contribution in [0.4, 0.5) is 17.5 Å². The Balaban J connectivity index is 1.32. The van der Waals surface area contributed by atoms with Crippen LogP contribution in [0.3, 0.4) is 0 Å². The van der Waals surface area contributed by atoms with Crippen LogP contribution >= 0.6 is 0 Å². The Morgan fingerprint density at radius 2 is 2.19 bits per heavy atom. The maximum absolute atomic E-state index is 12.9. The summed E-state index contributed by atoms with van der Waals surface area (Å²) in [6.45, 7) is 6.39. The van der Waals surface area contributed by atoms with Gasteiger partial charge in [0, 0.05) is 37.9 Å². The predicted molar refractivity (Wildman–Crippen MR) is 135 cm³/mol. The van der Waals surface area contributed by atoms with Crippen molar-refractivity contribution in [3.63, 3.8) is 0 Å². The molecule has 2 aliphatic heterocycles. The number of nitriles is 1. The van der Waals surface area contributed by atoms with E-state index in [1.807, 2.05) is 6.07 Å². The number of fused-ring (bicyclic) bond motifs is 2. The van der Waals surface area contributed by atoms with Gasteiger partial charge in [0.25, 0.3) is 5.91 Å². The highest BCUT2D eigenvalue weighted by atomic mass is 16.5. The average molecular weight is 488 g/mol. The number of anilines is 3. The topological polar surface area (TPSA) is 119 Å². The molecule has 3 aromatic rings. The van der Waals surface area contributed by atoms with Crippen LogP contribution in [0.25, 0.3) is 11.0 Å². The van der Waals surface area contributed by atoms with Crippen LogP contribution in [0.5, 0.6) is 5.75 Å². The molecule has 1 saturated carbocycles. The molecule has 6 rings (SSSR count).